The predicted octanol–water partition coefficient (Wildman–Crippen LogP) is 2.88. The molecule has 2 N–H and O–H groups in total. The minimum atomic E-state index is -4.47. The highest BCUT2D eigenvalue weighted by Crippen LogP contribution is 2.30. The van der Waals surface area contributed by atoms with Crippen LogP contribution in [0.1, 0.15) is 29.2 Å². The van der Waals surface area contributed by atoms with Gasteiger partial charge in [-0.1, -0.05) is 12.1 Å². The summed E-state index contributed by atoms with van der Waals surface area (Å²) in [7, 11) is 0. The third kappa shape index (κ3) is 5.34. The summed E-state index contributed by atoms with van der Waals surface area (Å²) < 4.78 is 38.0. The van der Waals surface area contributed by atoms with E-state index >= 15 is 0 Å². The zero-order valence-corrected chi connectivity index (χ0v) is 12.8. The van der Waals surface area contributed by atoms with Crippen LogP contribution < -0.4 is 5.32 Å². The van der Waals surface area contributed by atoms with Gasteiger partial charge < -0.3 is 10.4 Å². The van der Waals surface area contributed by atoms with E-state index in [-0.39, 0.29) is 24.4 Å². The van der Waals surface area contributed by atoms with Crippen molar-refractivity contribution in [3.8, 4) is 0 Å². The second kappa shape index (κ2) is 7.92. The molecule has 0 bridgehead atoms. The number of carbonyl (C=O) groups is 1. The number of alkyl halides is 3. The van der Waals surface area contributed by atoms with E-state index in [0.29, 0.717) is 6.42 Å². The summed E-state index contributed by atoms with van der Waals surface area (Å²) in [4.78, 5) is 15.6. The standard InChI is InChI=1S/C17H17F3N2O2/c18-17(19,20)14-3-1-2-13(10-14)15(23)11-22-16(24)5-4-12-6-8-21-9-7-12/h1-3,6-10,15,23H,4-5,11H2,(H,22,24). The number of aliphatic hydroxyl groups excluding tert-OH is 1. The number of aryl methyl sites for hydroxylation is 1. The summed E-state index contributed by atoms with van der Waals surface area (Å²) in [5, 5.41) is 12.5. The van der Waals surface area contributed by atoms with E-state index in [4.69, 9.17) is 0 Å². The Balaban J connectivity index is 1.84. The number of aliphatic hydroxyl groups is 1. The monoisotopic (exact) mass is 338 g/mol. The molecule has 7 heteroatoms. The van der Waals surface area contributed by atoms with Crippen LogP contribution in [0.4, 0.5) is 13.2 Å². The molecule has 1 aromatic heterocycles. The molecule has 1 heterocycles. The topological polar surface area (TPSA) is 62.2 Å². The van der Waals surface area contributed by atoms with Crippen molar-refractivity contribution in [2.45, 2.75) is 25.1 Å². The first kappa shape index (κ1) is 17.9. The Morgan fingerprint density at radius 1 is 1.21 bits per heavy atom. The van der Waals surface area contributed by atoms with E-state index in [1.807, 2.05) is 0 Å². The summed E-state index contributed by atoms with van der Waals surface area (Å²) in [5.74, 6) is -0.280. The highest BCUT2D eigenvalue weighted by atomic mass is 19.4. The van der Waals surface area contributed by atoms with Gasteiger partial charge in [0.1, 0.15) is 0 Å². The number of amides is 1. The number of nitrogens with zero attached hydrogens (tertiary/aromatic N) is 1. The van der Waals surface area contributed by atoms with E-state index in [0.717, 1.165) is 17.7 Å². The van der Waals surface area contributed by atoms with Crippen LogP contribution >= 0.6 is 0 Å². The lowest BCUT2D eigenvalue weighted by Gasteiger charge is -2.14. The van der Waals surface area contributed by atoms with E-state index < -0.39 is 17.8 Å². The maximum atomic E-state index is 12.7. The fourth-order valence-electron chi connectivity index (χ4n) is 2.15. The van der Waals surface area contributed by atoms with Gasteiger partial charge in [0.15, 0.2) is 0 Å². The molecule has 128 valence electrons. The summed E-state index contributed by atoms with van der Waals surface area (Å²) in [6.45, 7) is -0.142. The van der Waals surface area contributed by atoms with Gasteiger partial charge in [-0.15, -0.1) is 0 Å². The fourth-order valence-corrected chi connectivity index (χ4v) is 2.15. The van der Waals surface area contributed by atoms with Crippen LogP contribution in [0.25, 0.3) is 0 Å². The zero-order valence-electron chi connectivity index (χ0n) is 12.8. The first-order valence-corrected chi connectivity index (χ1v) is 7.37. The summed E-state index contributed by atoms with van der Waals surface area (Å²) >= 11 is 0. The summed E-state index contributed by atoms with van der Waals surface area (Å²) in [5.41, 5.74) is 0.237. The predicted molar refractivity (Wildman–Crippen MR) is 82.0 cm³/mol. The van der Waals surface area contributed by atoms with E-state index in [9.17, 15) is 23.1 Å². The minimum Gasteiger partial charge on any atom is -0.387 e. The molecule has 4 nitrogen and oxygen atoms in total. The van der Waals surface area contributed by atoms with Crippen LogP contribution in [0.3, 0.4) is 0 Å². The molecule has 2 rings (SSSR count). The van der Waals surface area contributed by atoms with Gasteiger partial charge in [-0.05, 0) is 41.8 Å². The van der Waals surface area contributed by atoms with Crippen LogP contribution in [0.15, 0.2) is 48.8 Å². The molecule has 0 radical (unpaired) electrons. The van der Waals surface area contributed by atoms with E-state index in [1.54, 1.807) is 24.5 Å². The number of benzene rings is 1. The first-order valence-electron chi connectivity index (χ1n) is 7.37. The van der Waals surface area contributed by atoms with Gasteiger partial charge in [0.2, 0.25) is 5.91 Å². The highest BCUT2D eigenvalue weighted by Gasteiger charge is 2.30. The maximum Gasteiger partial charge on any atom is 0.416 e. The number of carbonyl (C=O) groups excluding carboxylic acids is 1. The fraction of sp³-hybridized carbons (Fsp3) is 0.294. The van der Waals surface area contributed by atoms with Gasteiger partial charge in [0.05, 0.1) is 11.7 Å². The molecule has 0 aliphatic heterocycles. The third-order valence-electron chi connectivity index (χ3n) is 3.48. The van der Waals surface area contributed by atoms with Crippen molar-refractivity contribution in [1.29, 1.82) is 0 Å². The number of nitrogens with one attached hydrogen (secondary N) is 1. The van der Waals surface area contributed by atoms with Crippen molar-refractivity contribution >= 4 is 5.91 Å². The smallest absolute Gasteiger partial charge is 0.387 e. The van der Waals surface area contributed by atoms with Gasteiger partial charge in [-0.3, -0.25) is 9.78 Å². The Labute approximate surface area is 137 Å². The van der Waals surface area contributed by atoms with Crippen molar-refractivity contribution < 1.29 is 23.1 Å². The lowest BCUT2D eigenvalue weighted by atomic mass is 10.1. The minimum absolute atomic E-state index is 0.110. The van der Waals surface area contributed by atoms with Crippen molar-refractivity contribution in [3.63, 3.8) is 0 Å². The molecule has 1 amide bonds. The van der Waals surface area contributed by atoms with E-state index in [1.165, 1.54) is 12.1 Å². The number of pyridine rings is 1. The Hall–Kier alpha value is -2.41. The molecule has 2 aromatic rings. The Morgan fingerprint density at radius 3 is 2.58 bits per heavy atom. The number of aromatic nitrogens is 1. The van der Waals surface area contributed by atoms with Crippen molar-refractivity contribution in [2.24, 2.45) is 0 Å². The lowest BCUT2D eigenvalue weighted by molar-refractivity contribution is -0.137. The van der Waals surface area contributed by atoms with E-state index in [2.05, 4.69) is 10.3 Å². The average Bonchev–Trinajstić information content (AvgIpc) is 2.58. The van der Waals surface area contributed by atoms with Crippen LogP contribution in [0, 0.1) is 0 Å². The van der Waals surface area contributed by atoms with Crippen molar-refractivity contribution in [2.75, 3.05) is 6.54 Å². The van der Waals surface area contributed by atoms with Crippen molar-refractivity contribution in [1.82, 2.24) is 10.3 Å². The molecule has 0 saturated heterocycles. The normalized spacial score (nSPS) is 12.7. The van der Waals surface area contributed by atoms with Gasteiger partial charge in [-0.25, -0.2) is 0 Å². The number of halogens is 3. The summed E-state index contributed by atoms with van der Waals surface area (Å²) in [6, 6.07) is 8.03. The summed E-state index contributed by atoms with van der Waals surface area (Å²) in [6.07, 6.45) is -1.66. The molecule has 1 unspecified atom stereocenters. The molecule has 1 aromatic carbocycles. The van der Waals surface area contributed by atoms with Crippen LogP contribution in [0.2, 0.25) is 0 Å². The lowest BCUT2D eigenvalue weighted by Crippen LogP contribution is -2.28. The zero-order chi connectivity index (χ0) is 17.6. The largest absolute Gasteiger partial charge is 0.416 e. The number of hydrogen-bond donors (Lipinski definition) is 2. The molecular weight excluding hydrogens is 321 g/mol. The molecule has 24 heavy (non-hydrogen) atoms. The maximum absolute atomic E-state index is 12.7. The van der Waals surface area contributed by atoms with Crippen LogP contribution in [0.5, 0.6) is 0 Å². The SMILES string of the molecule is O=C(CCc1ccncc1)NCC(O)c1cccc(C(F)(F)F)c1. The molecule has 0 fully saturated rings. The van der Waals surface area contributed by atoms with Gasteiger partial charge in [-0.2, -0.15) is 13.2 Å². The second-order valence-corrected chi connectivity index (χ2v) is 5.30. The Kier molecular flexibility index (Phi) is 5.92. The van der Waals surface area contributed by atoms with Crippen molar-refractivity contribution in [3.05, 3.63) is 65.5 Å². The first-order chi connectivity index (χ1) is 11.4. The Bertz CT molecular complexity index is 675. The second-order valence-electron chi connectivity index (χ2n) is 5.30. The number of rotatable bonds is 6. The highest BCUT2D eigenvalue weighted by molar-refractivity contribution is 5.76. The molecule has 0 aliphatic carbocycles. The molecule has 1 atom stereocenters. The molecule has 0 aliphatic rings. The number of hydrogen-bond acceptors (Lipinski definition) is 3. The molecule has 0 spiro atoms. The van der Waals surface area contributed by atoms with Gasteiger partial charge in [0.25, 0.3) is 0 Å². The van der Waals surface area contributed by atoms with Gasteiger partial charge >= 0.3 is 6.18 Å². The molecule has 0 saturated carbocycles. The quantitative estimate of drug-likeness (QED) is 0.851. The molecular formula is C17H17F3N2O2. The Morgan fingerprint density at radius 2 is 1.92 bits per heavy atom. The van der Waals surface area contributed by atoms with Gasteiger partial charge in [0, 0.05) is 25.4 Å². The van der Waals surface area contributed by atoms with Crippen LogP contribution in [-0.4, -0.2) is 22.5 Å². The average molecular weight is 338 g/mol. The van der Waals surface area contributed by atoms with Crippen LogP contribution in [-0.2, 0) is 17.4 Å². The third-order valence-corrected chi connectivity index (χ3v) is 3.48.